The molecule has 0 saturated heterocycles. The number of rotatable bonds is 4. The van der Waals surface area contributed by atoms with Gasteiger partial charge in [0.2, 0.25) is 0 Å². The Labute approximate surface area is 239 Å². The molecular formula is C34H33BrN4. The van der Waals surface area contributed by atoms with Crippen LogP contribution >= 0.6 is 15.9 Å². The van der Waals surface area contributed by atoms with Gasteiger partial charge in [0.25, 0.3) is 0 Å². The zero-order chi connectivity index (χ0) is 27.8. The van der Waals surface area contributed by atoms with E-state index in [0.29, 0.717) is 17.5 Å². The molecule has 0 aliphatic carbocycles. The molecule has 0 spiro atoms. The number of pyridine rings is 1. The van der Waals surface area contributed by atoms with Crippen molar-refractivity contribution in [1.82, 2.24) is 19.9 Å². The van der Waals surface area contributed by atoms with Crippen LogP contribution in [0.25, 0.3) is 45.4 Å². The summed E-state index contributed by atoms with van der Waals surface area (Å²) in [5.74, 6) is 1.89. The molecule has 5 heteroatoms. The van der Waals surface area contributed by atoms with E-state index < -0.39 is 0 Å². The lowest BCUT2D eigenvalue weighted by Gasteiger charge is -2.19. The molecule has 196 valence electrons. The lowest BCUT2D eigenvalue weighted by Crippen LogP contribution is -2.10. The topological polar surface area (TPSA) is 51.6 Å². The number of hydrogen-bond acceptors (Lipinski definition) is 4. The summed E-state index contributed by atoms with van der Waals surface area (Å²) in [5.41, 5.74) is 7.38. The molecule has 0 radical (unpaired) electrons. The number of benzene rings is 3. The Bertz CT molecular complexity index is 1520. The summed E-state index contributed by atoms with van der Waals surface area (Å²) in [6, 6.07) is 29.2. The summed E-state index contributed by atoms with van der Waals surface area (Å²) in [6.07, 6.45) is 1.84. The first-order chi connectivity index (χ1) is 18.5. The molecule has 2 aromatic heterocycles. The highest BCUT2D eigenvalue weighted by atomic mass is 79.9. The van der Waals surface area contributed by atoms with Gasteiger partial charge in [-0.15, -0.1) is 0 Å². The van der Waals surface area contributed by atoms with Crippen LogP contribution in [0.1, 0.15) is 52.7 Å². The number of hydrogen-bond donors (Lipinski definition) is 0. The van der Waals surface area contributed by atoms with Crippen LogP contribution in [-0.2, 0) is 10.8 Å². The molecule has 3 aromatic carbocycles. The van der Waals surface area contributed by atoms with Crippen LogP contribution < -0.4 is 0 Å². The SMILES string of the molecule is CC(C)(C)c1ccc(-c2nc(-c3ccc(C(C)(C)C)cc3)nc(-c3ccc(-c4cccc(Br)c4)nc3)n2)cc1. The van der Waals surface area contributed by atoms with E-state index in [0.717, 1.165) is 32.4 Å². The van der Waals surface area contributed by atoms with Crippen molar-refractivity contribution < 1.29 is 0 Å². The zero-order valence-corrected chi connectivity index (χ0v) is 24.9. The molecule has 0 N–H and O–H groups in total. The maximum Gasteiger partial charge on any atom is 0.165 e. The van der Waals surface area contributed by atoms with E-state index >= 15 is 0 Å². The minimum absolute atomic E-state index is 0.0739. The predicted molar refractivity (Wildman–Crippen MR) is 164 cm³/mol. The Morgan fingerprint density at radius 3 is 1.38 bits per heavy atom. The van der Waals surface area contributed by atoms with Crippen LogP contribution in [0, 0.1) is 0 Å². The van der Waals surface area contributed by atoms with Gasteiger partial charge in [-0.25, -0.2) is 15.0 Å². The van der Waals surface area contributed by atoms with Crippen molar-refractivity contribution in [2.75, 3.05) is 0 Å². The lowest BCUT2D eigenvalue weighted by molar-refractivity contribution is 0.590. The smallest absolute Gasteiger partial charge is 0.165 e. The van der Waals surface area contributed by atoms with Gasteiger partial charge in [-0.2, -0.15) is 0 Å². The Kier molecular flexibility index (Phi) is 7.21. The fraction of sp³-hybridized carbons (Fsp3) is 0.235. The third kappa shape index (κ3) is 6.15. The van der Waals surface area contributed by atoms with Crippen LogP contribution in [0.15, 0.2) is 95.6 Å². The van der Waals surface area contributed by atoms with Gasteiger partial charge >= 0.3 is 0 Å². The van der Waals surface area contributed by atoms with Crippen molar-refractivity contribution in [3.05, 3.63) is 107 Å². The Morgan fingerprint density at radius 2 is 0.974 bits per heavy atom. The second-order valence-electron chi connectivity index (χ2n) is 11.9. The van der Waals surface area contributed by atoms with E-state index in [1.165, 1.54) is 11.1 Å². The van der Waals surface area contributed by atoms with E-state index in [1.807, 2.05) is 30.5 Å². The van der Waals surface area contributed by atoms with Gasteiger partial charge < -0.3 is 0 Å². The van der Waals surface area contributed by atoms with E-state index in [1.54, 1.807) is 0 Å². The van der Waals surface area contributed by atoms with E-state index in [4.69, 9.17) is 19.9 Å². The third-order valence-corrected chi connectivity index (χ3v) is 7.29. The van der Waals surface area contributed by atoms with E-state index in [2.05, 4.69) is 118 Å². The van der Waals surface area contributed by atoms with Crippen molar-refractivity contribution in [3.8, 4) is 45.4 Å². The van der Waals surface area contributed by atoms with Gasteiger partial charge in [0, 0.05) is 32.9 Å². The van der Waals surface area contributed by atoms with Crippen molar-refractivity contribution in [1.29, 1.82) is 0 Å². The molecule has 0 aliphatic rings. The molecule has 0 aliphatic heterocycles. The van der Waals surface area contributed by atoms with Gasteiger partial charge in [0.1, 0.15) is 0 Å². The van der Waals surface area contributed by atoms with Crippen LogP contribution in [0.5, 0.6) is 0 Å². The van der Waals surface area contributed by atoms with Gasteiger partial charge in [-0.05, 0) is 46.2 Å². The number of nitrogens with zero attached hydrogens (tertiary/aromatic N) is 4. The second-order valence-corrected chi connectivity index (χ2v) is 12.8. The fourth-order valence-electron chi connectivity index (χ4n) is 4.35. The minimum atomic E-state index is 0.0739. The molecule has 0 bridgehead atoms. The highest BCUT2D eigenvalue weighted by Gasteiger charge is 2.17. The maximum atomic E-state index is 4.91. The first-order valence-corrected chi connectivity index (χ1v) is 14.0. The van der Waals surface area contributed by atoms with Crippen LogP contribution in [0.3, 0.4) is 0 Å². The van der Waals surface area contributed by atoms with Gasteiger partial charge in [0.15, 0.2) is 17.5 Å². The van der Waals surface area contributed by atoms with Crippen LogP contribution in [-0.4, -0.2) is 19.9 Å². The number of halogens is 1. The maximum absolute atomic E-state index is 4.91. The molecule has 5 rings (SSSR count). The molecule has 0 amide bonds. The second kappa shape index (κ2) is 10.5. The molecular weight excluding hydrogens is 544 g/mol. The van der Waals surface area contributed by atoms with Crippen molar-refractivity contribution in [2.45, 2.75) is 52.4 Å². The fourth-order valence-corrected chi connectivity index (χ4v) is 4.75. The largest absolute Gasteiger partial charge is 0.255 e. The lowest BCUT2D eigenvalue weighted by atomic mass is 9.86. The molecule has 39 heavy (non-hydrogen) atoms. The average molecular weight is 578 g/mol. The average Bonchev–Trinajstić information content (AvgIpc) is 2.92. The summed E-state index contributed by atoms with van der Waals surface area (Å²) in [5, 5.41) is 0. The highest BCUT2D eigenvalue weighted by molar-refractivity contribution is 9.10. The highest BCUT2D eigenvalue weighted by Crippen LogP contribution is 2.30. The van der Waals surface area contributed by atoms with Crippen molar-refractivity contribution in [2.24, 2.45) is 0 Å². The molecule has 0 fully saturated rings. The monoisotopic (exact) mass is 576 g/mol. The Morgan fingerprint density at radius 1 is 0.513 bits per heavy atom. The molecule has 0 saturated carbocycles. The van der Waals surface area contributed by atoms with E-state index in [-0.39, 0.29) is 10.8 Å². The summed E-state index contributed by atoms with van der Waals surface area (Å²) in [4.78, 5) is 19.4. The number of aromatic nitrogens is 4. The third-order valence-electron chi connectivity index (χ3n) is 6.80. The van der Waals surface area contributed by atoms with Crippen LogP contribution in [0.2, 0.25) is 0 Å². The molecule has 5 aromatic rings. The molecule has 2 heterocycles. The zero-order valence-electron chi connectivity index (χ0n) is 23.3. The predicted octanol–water partition coefficient (Wildman–Crippen LogP) is 9.29. The van der Waals surface area contributed by atoms with Crippen molar-refractivity contribution in [3.63, 3.8) is 0 Å². The Hall–Kier alpha value is -3.70. The molecule has 0 unspecified atom stereocenters. The minimum Gasteiger partial charge on any atom is -0.255 e. The standard InChI is InChI=1S/C34H33BrN4/c1-33(2,3)26-15-10-22(11-16-26)30-37-31(23-12-17-27(18-13-23)34(4,5)6)39-32(38-30)25-14-19-29(36-21-25)24-8-7-9-28(35)20-24/h7-21H,1-6H3. The molecule has 4 nitrogen and oxygen atoms in total. The summed E-state index contributed by atoms with van der Waals surface area (Å²) >= 11 is 3.55. The van der Waals surface area contributed by atoms with E-state index in [9.17, 15) is 0 Å². The summed E-state index contributed by atoms with van der Waals surface area (Å²) < 4.78 is 1.02. The Balaban J connectivity index is 1.59. The summed E-state index contributed by atoms with van der Waals surface area (Å²) in [7, 11) is 0. The van der Waals surface area contributed by atoms with Gasteiger partial charge in [-0.1, -0.05) is 118 Å². The molecule has 0 atom stereocenters. The quantitative estimate of drug-likeness (QED) is 0.214. The first-order valence-electron chi connectivity index (χ1n) is 13.2. The normalized spacial score (nSPS) is 12.0. The summed E-state index contributed by atoms with van der Waals surface area (Å²) in [6.45, 7) is 13.3. The van der Waals surface area contributed by atoms with Crippen molar-refractivity contribution >= 4 is 15.9 Å². The first kappa shape index (κ1) is 26.9. The van der Waals surface area contributed by atoms with Gasteiger partial charge in [-0.3, -0.25) is 4.98 Å². The van der Waals surface area contributed by atoms with Crippen LogP contribution in [0.4, 0.5) is 0 Å². The van der Waals surface area contributed by atoms with Gasteiger partial charge in [0.05, 0.1) is 5.69 Å².